The number of rotatable bonds is 6. The van der Waals surface area contributed by atoms with Gasteiger partial charge in [-0.05, 0) is 53.1 Å². The summed E-state index contributed by atoms with van der Waals surface area (Å²) in [6.07, 6.45) is -12.4. The molecule has 5 nitrogen and oxygen atoms in total. The first kappa shape index (κ1) is 26.5. The van der Waals surface area contributed by atoms with E-state index in [-0.39, 0.29) is 29.1 Å². The van der Waals surface area contributed by atoms with Crippen LogP contribution in [0.25, 0.3) is 22.5 Å². The summed E-state index contributed by atoms with van der Waals surface area (Å²) in [5.74, 6) is -0.136. The van der Waals surface area contributed by atoms with Crippen molar-refractivity contribution in [2.75, 3.05) is 0 Å². The van der Waals surface area contributed by atoms with Gasteiger partial charge in [0.2, 0.25) is 0 Å². The highest BCUT2D eigenvalue weighted by Crippen LogP contribution is 2.37. The molecule has 0 spiro atoms. The van der Waals surface area contributed by atoms with Gasteiger partial charge in [0.1, 0.15) is 0 Å². The van der Waals surface area contributed by atoms with Gasteiger partial charge in [0.15, 0.2) is 11.9 Å². The second-order valence-corrected chi connectivity index (χ2v) is 8.62. The Morgan fingerprint density at radius 3 is 2.22 bits per heavy atom. The van der Waals surface area contributed by atoms with Crippen molar-refractivity contribution in [2.24, 2.45) is 0 Å². The van der Waals surface area contributed by atoms with Crippen LogP contribution >= 0.6 is 11.6 Å². The van der Waals surface area contributed by atoms with Crippen LogP contribution in [0.4, 0.5) is 26.3 Å². The minimum Gasteiger partial charge on any atom is -0.382 e. The minimum absolute atomic E-state index is 0.0649. The zero-order chi connectivity index (χ0) is 27.0. The van der Waals surface area contributed by atoms with Crippen LogP contribution in [0, 0.1) is 0 Å². The number of benzene rings is 3. The summed E-state index contributed by atoms with van der Waals surface area (Å²) >= 11 is 5.88. The molecule has 4 rings (SSSR count). The molecule has 1 aromatic heterocycles. The van der Waals surface area contributed by atoms with E-state index in [0.717, 1.165) is 10.7 Å². The Labute approximate surface area is 211 Å². The second-order valence-electron chi connectivity index (χ2n) is 8.18. The predicted octanol–water partition coefficient (Wildman–Crippen LogP) is 6.02. The van der Waals surface area contributed by atoms with Crippen LogP contribution in [0.3, 0.4) is 0 Å². The molecule has 0 aliphatic rings. The van der Waals surface area contributed by atoms with Gasteiger partial charge in [-0.1, -0.05) is 48.0 Å². The number of aliphatic hydroxyl groups is 1. The summed E-state index contributed by atoms with van der Waals surface area (Å²) in [4.78, 5) is 13.0. The lowest BCUT2D eigenvalue weighted by Crippen LogP contribution is -2.37. The highest BCUT2D eigenvalue weighted by molar-refractivity contribution is 6.30. The van der Waals surface area contributed by atoms with Gasteiger partial charge in [0, 0.05) is 10.6 Å². The first-order chi connectivity index (χ1) is 17.3. The largest absolute Gasteiger partial charge is 0.417 e. The van der Waals surface area contributed by atoms with E-state index in [1.807, 2.05) is 0 Å². The highest BCUT2D eigenvalue weighted by Gasteiger charge is 2.39. The topological polar surface area (TPSA) is 60.0 Å². The average Bonchev–Trinajstić information content (AvgIpc) is 3.13. The maximum Gasteiger partial charge on any atom is 0.417 e. The highest BCUT2D eigenvalue weighted by atomic mass is 35.5. The number of hydrogen-bond acceptors (Lipinski definition) is 3. The van der Waals surface area contributed by atoms with Gasteiger partial charge in [-0.15, -0.1) is 5.10 Å². The summed E-state index contributed by atoms with van der Waals surface area (Å²) in [6, 6.07) is 16.8. The van der Waals surface area contributed by atoms with Crippen molar-refractivity contribution < 1.29 is 31.4 Å². The minimum atomic E-state index is -4.97. The van der Waals surface area contributed by atoms with Gasteiger partial charge in [0.25, 0.3) is 0 Å². The third-order valence-corrected chi connectivity index (χ3v) is 5.81. The predicted molar refractivity (Wildman–Crippen MR) is 125 cm³/mol. The van der Waals surface area contributed by atoms with Gasteiger partial charge >= 0.3 is 18.0 Å². The molecular formula is C25H18ClF6N3O2. The Hall–Kier alpha value is -3.57. The molecule has 1 heterocycles. The Morgan fingerprint density at radius 1 is 0.892 bits per heavy atom. The maximum atomic E-state index is 13.5. The lowest BCUT2D eigenvalue weighted by atomic mass is 9.98. The number of nitrogens with zero attached hydrogens (tertiary/aromatic N) is 3. The van der Waals surface area contributed by atoms with E-state index < -0.39 is 36.3 Å². The van der Waals surface area contributed by atoms with Crippen LogP contribution in [-0.2, 0) is 19.3 Å². The molecule has 0 aliphatic heterocycles. The van der Waals surface area contributed by atoms with Gasteiger partial charge < -0.3 is 5.11 Å². The molecule has 37 heavy (non-hydrogen) atoms. The lowest BCUT2D eigenvalue weighted by molar-refractivity contribution is -0.207. The van der Waals surface area contributed by atoms with E-state index >= 15 is 0 Å². The van der Waals surface area contributed by atoms with Crippen LogP contribution in [0.2, 0.25) is 5.02 Å². The van der Waals surface area contributed by atoms with Crippen molar-refractivity contribution in [3.63, 3.8) is 0 Å². The van der Waals surface area contributed by atoms with Crippen LogP contribution < -0.4 is 5.69 Å². The molecule has 0 radical (unpaired) electrons. The molecule has 0 amide bonds. The first-order valence-electron chi connectivity index (χ1n) is 10.8. The standard InChI is InChI=1S/C25H18ClF6N3O2/c26-18-10-8-16(9-11-18)22-33-35(23(37)34(22)14-21(36)25(30,31)32)13-15-4-3-5-17(12-15)19-6-1-2-7-20(19)24(27,28)29/h1-12,21,36H,13-14H2. The molecule has 0 saturated carbocycles. The molecule has 0 bridgehead atoms. The zero-order valence-electron chi connectivity index (χ0n) is 18.8. The maximum absolute atomic E-state index is 13.5. The monoisotopic (exact) mass is 541 g/mol. The Bertz CT molecular complexity index is 1460. The first-order valence-corrected chi connectivity index (χ1v) is 11.2. The fourth-order valence-electron chi connectivity index (χ4n) is 3.79. The number of alkyl halides is 6. The number of halogens is 7. The van der Waals surface area contributed by atoms with Gasteiger partial charge in [0.05, 0.1) is 18.7 Å². The normalized spacial score (nSPS) is 13.1. The molecular weight excluding hydrogens is 524 g/mol. The molecule has 1 unspecified atom stereocenters. The third kappa shape index (κ3) is 5.89. The molecule has 0 saturated heterocycles. The van der Waals surface area contributed by atoms with Gasteiger partial charge in [-0.3, -0.25) is 4.57 Å². The van der Waals surface area contributed by atoms with Crippen LogP contribution in [-0.4, -0.2) is 31.7 Å². The summed E-state index contributed by atoms with van der Waals surface area (Å²) in [7, 11) is 0. The van der Waals surface area contributed by atoms with Crippen molar-refractivity contribution in [2.45, 2.75) is 31.5 Å². The van der Waals surface area contributed by atoms with E-state index in [4.69, 9.17) is 11.6 Å². The number of aromatic nitrogens is 3. The Kier molecular flexibility index (Phi) is 7.20. The van der Waals surface area contributed by atoms with Crippen molar-refractivity contribution in [1.82, 2.24) is 14.3 Å². The van der Waals surface area contributed by atoms with Crippen molar-refractivity contribution >= 4 is 11.6 Å². The van der Waals surface area contributed by atoms with Crippen molar-refractivity contribution in [3.8, 4) is 22.5 Å². The van der Waals surface area contributed by atoms with E-state index in [2.05, 4.69) is 5.10 Å². The van der Waals surface area contributed by atoms with E-state index in [1.165, 1.54) is 60.7 Å². The van der Waals surface area contributed by atoms with E-state index in [1.54, 1.807) is 6.07 Å². The molecule has 0 aliphatic carbocycles. The summed E-state index contributed by atoms with van der Waals surface area (Å²) in [5.41, 5.74) is -0.926. The number of hydrogen-bond donors (Lipinski definition) is 1. The molecule has 4 aromatic rings. The van der Waals surface area contributed by atoms with E-state index in [0.29, 0.717) is 15.2 Å². The second kappa shape index (κ2) is 10.1. The molecule has 12 heteroatoms. The summed E-state index contributed by atoms with van der Waals surface area (Å²) < 4.78 is 81.2. The van der Waals surface area contributed by atoms with Crippen molar-refractivity contribution in [1.29, 1.82) is 0 Å². The fourth-order valence-corrected chi connectivity index (χ4v) is 3.92. The van der Waals surface area contributed by atoms with Crippen LogP contribution in [0.15, 0.2) is 77.6 Å². The molecule has 1 N–H and O–H groups in total. The molecule has 0 fully saturated rings. The zero-order valence-corrected chi connectivity index (χ0v) is 19.5. The molecule has 194 valence electrons. The van der Waals surface area contributed by atoms with Gasteiger partial charge in [-0.2, -0.15) is 26.3 Å². The fraction of sp³-hybridized carbons (Fsp3) is 0.200. The Balaban J connectivity index is 1.75. The summed E-state index contributed by atoms with van der Waals surface area (Å²) in [5, 5.41) is 14.1. The SMILES string of the molecule is O=c1n(Cc2cccc(-c3ccccc3C(F)(F)F)c2)nc(-c2ccc(Cl)cc2)n1CC(O)C(F)(F)F. The van der Waals surface area contributed by atoms with Crippen molar-refractivity contribution in [3.05, 3.63) is 99.4 Å². The van der Waals surface area contributed by atoms with Gasteiger partial charge in [-0.25, -0.2) is 9.48 Å². The molecule has 1 atom stereocenters. The smallest absolute Gasteiger partial charge is 0.382 e. The van der Waals surface area contributed by atoms with E-state index in [9.17, 15) is 36.2 Å². The Morgan fingerprint density at radius 2 is 1.57 bits per heavy atom. The van der Waals surface area contributed by atoms with Crippen LogP contribution in [0.5, 0.6) is 0 Å². The van der Waals surface area contributed by atoms with Crippen LogP contribution in [0.1, 0.15) is 11.1 Å². The lowest BCUT2D eigenvalue weighted by Gasteiger charge is -2.15. The summed E-state index contributed by atoms with van der Waals surface area (Å²) in [6.45, 7) is -1.34. The molecule has 3 aromatic carbocycles. The quantitative estimate of drug-likeness (QED) is 0.304. The number of aliphatic hydroxyl groups excluding tert-OH is 1. The average molecular weight is 542 g/mol. The third-order valence-electron chi connectivity index (χ3n) is 5.56.